The molecule has 2 aliphatic heterocycles. The fourth-order valence-corrected chi connectivity index (χ4v) is 4.55. The quantitative estimate of drug-likeness (QED) is 0.816. The number of ether oxygens (including phenoxy) is 1. The Bertz CT molecular complexity index is 817. The topological polar surface area (TPSA) is 66.1 Å². The molecular weight excluding hydrogens is 362 g/mol. The Balaban J connectivity index is 1.30. The van der Waals surface area contributed by atoms with Crippen molar-refractivity contribution in [1.82, 2.24) is 19.8 Å². The minimum atomic E-state index is 0.0513. The lowest BCUT2D eigenvalue weighted by Gasteiger charge is -2.38. The van der Waals surface area contributed by atoms with Gasteiger partial charge in [-0.25, -0.2) is 4.98 Å². The van der Waals surface area contributed by atoms with Crippen molar-refractivity contribution >= 4 is 0 Å². The molecule has 2 aromatic rings. The van der Waals surface area contributed by atoms with E-state index < -0.39 is 0 Å². The van der Waals surface area contributed by atoms with Crippen molar-refractivity contribution in [1.29, 1.82) is 5.26 Å². The number of imidazole rings is 1. The number of likely N-dealkylation sites (tertiary alicyclic amines) is 1. The van der Waals surface area contributed by atoms with Crippen LogP contribution < -0.4 is 5.32 Å². The van der Waals surface area contributed by atoms with Gasteiger partial charge in [-0.2, -0.15) is 5.26 Å². The van der Waals surface area contributed by atoms with Crippen molar-refractivity contribution in [2.75, 3.05) is 19.7 Å². The summed E-state index contributed by atoms with van der Waals surface area (Å²) in [5.74, 6) is 1.06. The van der Waals surface area contributed by atoms with Gasteiger partial charge in [0.1, 0.15) is 11.9 Å². The number of piperidine rings is 1. The van der Waals surface area contributed by atoms with Crippen molar-refractivity contribution in [3.63, 3.8) is 0 Å². The molecule has 0 saturated carbocycles. The summed E-state index contributed by atoms with van der Waals surface area (Å²) in [6, 6.07) is 11.0. The lowest BCUT2D eigenvalue weighted by Crippen LogP contribution is -2.49. The molecule has 154 valence electrons. The summed E-state index contributed by atoms with van der Waals surface area (Å²) < 4.78 is 8.36. The summed E-state index contributed by atoms with van der Waals surface area (Å²) >= 11 is 0. The van der Waals surface area contributed by atoms with Crippen LogP contribution in [0.4, 0.5) is 0 Å². The molecule has 6 heteroatoms. The van der Waals surface area contributed by atoms with Crippen molar-refractivity contribution < 1.29 is 4.74 Å². The minimum Gasteiger partial charge on any atom is -0.369 e. The standard InChI is InChI=1S/C23H31N5O/c1-2-28-14-11-25-23(28)22-21(4-3-15-29-22)26-20-9-12-27(13-10-20)17-19-7-5-18(16-24)6-8-19/h5-8,11,14,20-22,26H,2-4,9-10,12-13,15,17H2,1H3/t21-,22-/m0/s1. The van der Waals surface area contributed by atoms with E-state index in [0.29, 0.717) is 12.1 Å². The fourth-order valence-electron chi connectivity index (χ4n) is 4.55. The molecule has 0 aliphatic carbocycles. The number of aryl methyl sites for hydroxylation is 1. The molecule has 0 spiro atoms. The molecule has 1 N–H and O–H groups in total. The molecule has 3 heterocycles. The van der Waals surface area contributed by atoms with Crippen LogP contribution in [-0.2, 0) is 17.8 Å². The van der Waals surface area contributed by atoms with E-state index in [2.05, 4.69) is 44.9 Å². The van der Waals surface area contributed by atoms with E-state index in [4.69, 9.17) is 10.00 Å². The van der Waals surface area contributed by atoms with E-state index in [0.717, 1.165) is 69.9 Å². The zero-order valence-electron chi connectivity index (χ0n) is 17.3. The van der Waals surface area contributed by atoms with Gasteiger partial charge in [0.2, 0.25) is 0 Å². The first-order valence-corrected chi connectivity index (χ1v) is 10.9. The normalized spacial score (nSPS) is 23.7. The molecule has 6 nitrogen and oxygen atoms in total. The van der Waals surface area contributed by atoms with Crippen LogP contribution in [0, 0.1) is 11.3 Å². The van der Waals surface area contributed by atoms with Crippen LogP contribution in [0.1, 0.15) is 55.7 Å². The van der Waals surface area contributed by atoms with Crippen molar-refractivity contribution in [3.8, 4) is 6.07 Å². The summed E-state index contributed by atoms with van der Waals surface area (Å²) in [6.45, 7) is 7.05. The smallest absolute Gasteiger partial charge is 0.139 e. The molecule has 2 fully saturated rings. The third-order valence-corrected chi connectivity index (χ3v) is 6.19. The SMILES string of the molecule is CCn1ccnc1[C@H]1OCCC[C@@H]1NC1CCN(Cc2ccc(C#N)cc2)CC1. The Morgan fingerprint density at radius 2 is 2.00 bits per heavy atom. The second-order valence-electron chi connectivity index (χ2n) is 8.14. The average molecular weight is 394 g/mol. The molecule has 0 bridgehead atoms. The summed E-state index contributed by atoms with van der Waals surface area (Å²) in [6.07, 6.45) is 8.55. The second-order valence-corrected chi connectivity index (χ2v) is 8.14. The molecule has 2 saturated heterocycles. The largest absolute Gasteiger partial charge is 0.369 e. The number of aromatic nitrogens is 2. The number of hydrogen-bond donors (Lipinski definition) is 1. The summed E-state index contributed by atoms with van der Waals surface area (Å²) in [4.78, 5) is 7.11. The number of nitriles is 1. The van der Waals surface area contributed by atoms with Crippen LogP contribution in [0.5, 0.6) is 0 Å². The average Bonchev–Trinajstić information content (AvgIpc) is 3.25. The maximum Gasteiger partial charge on any atom is 0.139 e. The Hall–Kier alpha value is -2.20. The first kappa shape index (κ1) is 20.1. The fraction of sp³-hybridized carbons (Fsp3) is 0.565. The van der Waals surface area contributed by atoms with Gasteiger partial charge >= 0.3 is 0 Å². The highest BCUT2D eigenvalue weighted by Gasteiger charge is 2.32. The summed E-state index contributed by atoms with van der Waals surface area (Å²) in [7, 11) is 0. The first-order valence-electron chi connectivity index (χ1n) is 10.9. The van der Waals surface area contributed by atoms with E-state index in [1.807, 2.05) is 24.5 Å². The number of benzene rings is 1. The Labute approximate surface area is 173 Å². The predicted octanol–water partition coefficient (Wildman–Crippen LogP) is 3.25. The predicted molar refractivity (Wildman–Crippen MR) is 112 cm³/mol. The summed E-state index contributed by atoms with van der Waals surface area (Å²) in [5, 5.41) is 12.8. The van der Waals surface area contributed by atoms with Gasteiger partial charge in [0.05, 0.1) is 11.6 Å². The van der Waals surface area contributed by atoms with Gasteiger partial charge in [-0.15, -0.1) is 0 Å². The van der Waals surface area contributed by atoms with Gasteiger partial charge < -0.3 is 14.6 Å². The third kappa shape index (κ3) is 4.87. The Kier molecular flexibility index (Phi) is 6.60. The van der Waals surface area contributed by atoms with Gasteiger partial charge in [0.15, 0.2) is 0 Å². The number of nitrogens with one attached hydrogen (secondary N) is 1. The maximum absolute atomic E-state index is 8.94. The lowest BCUT2D eigenvalue weighted by atomic mass is 9.97. The maximum atomic E-state index is 8.94. The molecule has 0 amide bonds. The first-order chi connectivity index (χ1) is 14.3. The van der Waals surface area contributed by atoms with E-state index in [1.54, 1.807) is 0 Å². The van der Waals surface area contributed by atoms with E-state index in [-0.39, 0.29) is 6.10 Å². The van der Waals surface area contributed by atoms with Crippen LogP contribution >= 0.6 is 0 Å². The van der Waals surface area contributed by atoms with Crippen LogP contribution in [0.25, 0.3) is 0 Å². The van der Waals surface area contributed by atoms with Crippen molar-refractivity contribution in [2.45, 2.75) is 63.9 Å². The van der Waals surface area contributed by atoms with Crippen LogP contribution in [0.15, 0.2) is 36.7 Å². The molecule has 1 aromatic heterocycles. The monoisotopic (exact) mass is 393 g/mol. The highest BCUT2D eigenvalue weighted by molar-refractivity contribution is 5.31. The molecule has 2 aliphatic rings. The summed E-state index contributed by atoms with van der Waals surface area (Å²) in [5.41, 5.74) is 2.01. The Morgan fingerprint density at radius 3 is 2.72 bits per heavy atom. The van der Waals surface area contributed by atoms with E-state index in [1.165, 1.54) is 5.56 Å². The zero-order valence-corrected chi connectivity index (χ0v) is 17.3. The zero-order chi connectivity index (χ0) is 20.1. The minimum absolute atomic E-state index is 0.0513. The molecule has 2 atom stereocenters. The highest BCUT2D eigenvalue weighted by Crippen LogP contribution is 2.29. The van der Waals surface area contributed by atoms with E-state index in [9.17, 15) is 0 Å². The van der Waals surface area contributed by atoms with Crippen LogP contribution in [0.2, 0.25) is 0 Å². The molecular formula is C23H31N5O. The molecule has 29 heavy (non-hydrogen) atoms. The molecule has 0 unspecified atom stereocenters. The molecule has 4 rings (SSSR count). The highest BCUT2D eigenvalue weighted by atomic mass is 16.5. The Morgan fingerprint density at radius 1 is 1.21 bits per heavy atom. The van der Waals surface area contributed by atoms with Gasteiger partial charge in [0, 0.05) is 44.2 Å². The molecule has 0 radical (unpaired) electrons. The van der Waals surface area contributed by atoms with Gasteiger partial charge in [0.25, 0.3) is 0 Å². The molecule has 1 aromatic carbocycles. The van der Waals surface area contributed by atoms with Gasteiger partial charge in [-0.3, -0.25) is 4.90 Å². The van der Waals surface area contributed by atoms with Gasteiger partial charge in [-0.1, -0.05) is 12.1 Å². The van der Waals surface area contributed by atoms with Gasteiger partial charge in [-0.05, 0) is 63.4 Å². The van der Waals surface area contributed by atoms with Crippen molar-refractivity contribution in [3.05, 3.63) is 53.6 Å². The third-order valence-electron chi connectivity index (χ3n) is 6.19. The second kappa shape index (κ2) is 9.53. The van der Waals surface area contributed by atoms with Crippen molar-refractivity contribution in [2.24, 2.45) is 0 Å². The van der Waals surface area contributed by atoms with Crippen LogP contribution in [-0.4, -0.2) is 46.2 Å². The lowest BCUT2D eigenvalue weighted by molar-refractivity contribution is -0.0230. The number of hydrogen-bond acceptors (Lipinski definition) is 5. The van der Waals surface area contributed by atoms with Crippen LogP contribution in [0.3, 0.4) is 0 Å². The number of rotatable bonds is 6. The number of nitrogens with zero attached hydrogens (tertiary/aromatic N) is 4. The van der Waals surface area contributed by atoms with E-state index >= 15 is 0 Å².